The molecule has 2 N–H and O–H groups in total. The van der Waals surface area contributed by atoms with Gasteiger partial charge in [-0.15, -0.1) is 0 Å². The molecule has 5 nitrogen and oxygen atoms in total. The number of aromatic nitrogens is 2. The Morgan fingerprint density at radius 3 is 3.00 bits per heavy atom. The van der Waals surface area contributed by atoms with Gasteiger partial charge < -0.3 is 15.0 Å². The maximum absolute atomic E-state index is 11.9. The van der Waals surface area contributed by atoms with E-state index in [1.807, 2.05) is 0 Å². The monoisotopic (exact) mass is 287 g/mol. The number of rotatable bonds is 4. The van der Waals surface area contributed by atoms with Gasteiger partial charge in [0.2, 0.25) is 5.91 Å². The second-order valence-corrected chi connectivity index (χ2v) is 5.77. The predicted molar refractivity (Wildman–Crippen MR) is 81.3 cm³/mol. The van der Waals surface area contributed by atoms with Crippen LogP contribution in [-0.2, 0) is 16.0 Å². The van der Waals surface area contributed by atoms with Crippen LogP contribution in [-0.4, -0.2) is 35.1 Å². The topological polar surface area (TPSA) is 67.0 Å². The summed E-state index contributed by atoms with van der Waals surface area (Å²) in [4.78, 5) is 19.7. The van der Waals surface area contributed by atoms with E-state index in [1.165, 1.54) is 11.1 Å². The van der Waals surface area contributed by atoms with Crippen LogP contribution in [0.2, 0.25) is 0 Å². The molecule has 2 heterocycles. The lowest BCUT2D eigenvalue weighted by Crippen LogP contribution is -2.35. The number of imidazole rings is 1. The third-order valence-corrected chi connectivity index (χ3v) is 4.03. The molecule has 0 aliphatic carbocycles. The summed E-state index contributed by atoms with van der Waals surface area (Å²) >= 11 is 0. The third-order valence-electron chi connectivity index (χ3n) is 4.03. The fourth-order valence-electron chi connectivity index (χ4n) is 2.62. The number of carbonyl (C=O) groups is 1. The normalized spacial score (nSPS) is 18.3. The van der Waals surface area contributed by atoms with Crippen molar-refractivity contribution in [1.29, 1.82) is 0 Å². The Hall–Kier alpha value is -1.88. The standard InChI is InChI=1S/C16H21N3O2/c1-10-7-13-14(8-11(10)2)19-15(18-13)3-4-16(20)17-12-5-6-21-9-12/h7-8,12H,3-6,9H2,1-2H3,(H,17,20)(H,18,19)/t12-/m0/s1. The summed E-state index contributed by atoms with van der Waals surface area (Å²) in [6, 6.07) is 4.37. The largest absolute Gasteiger partial charge is 0.379 e. The number of amides is 1. The number of benzene rings is 1. The summed E-state index contributed by atoms with van der Waals surface area (Å²) in [5.74, 6) is 0.936. The molecular formula is C16H21N3O2. The van der Waals surface area contributed by atoms with Gasteiger partial charge in [0.1, 0.15) is 5.82 Å². The fraction of sp³-hybridized carbons (Fsp3) is 0.500. The van der Waals surface area contributed by atoms with Gasteiger partial charge in [0.05, 0.1) is 23.7 Å². The van der Waals surface area contributed by atoms with Gasteiger partial charge in [-0.2, -0.15) is 0 Å². The first-order valence-electron chi connectivity index (χ1n) is 7.45. The van der Waals surface area contributed by atoms with Gasteiger partial charge in [-0.05, 0) is 43.5 Å². The lowest BCUT2D eigenvalue weighted by Gasteiger charge is -2.09. The second kappa shape index (κ2) is 5.85. The number of ether oxygens (including phenoxy) is 1. The zero-order valence-electron chi connectivity index (χ0n) is 12.5. The number of aromatic amines is 1. The molecule has 0 saturated carbocycles. The number of nitrogens with one attached hydrogen (secondary N) is 2. The van der Waals surface area contributed by atoms with Crippen LogP contribution in [0, 0.1) is 13.8 Å². The molecule has 112 valence electrons. The zero-order chi connectivity index (χ0) is 14.8. The fourth-order valence-corrected chi connectivity index (χ4v) is 2.62. The highest BCUT2D eigenvalue weighted by atomic mass is 16.5. The van der Waals surface area contributed by atoms with Crippen molar-refractivity contribution in [2.24, 2.45) is 0 Å². The average molecular weight is 287 g/mol. The van der Waals surface area contributed by atoms with Gasteiger partial charge in [-0.3, -0.25) is 4.79 Å². The van der Waals surface area contributed by atoms with Crippen LogP contribution in [0.1, 0.15) is 29.8 Å². The highest BCUT2D eigenvalue weighted by molar-refractivity contribution is 5.78. The molecule has 1 aliphatic heterocycles. The number of hydrogen-bond donors (Lipinski definition) is 2. The van der Waals surface area contributed by atoms with Crippen molar-refractivity contribution in [1.82, 2.24) is 15.3 Å². The lowest BCUT2D eigenvalue weighted by molar-refractivity contribution is -0.121. The van der Waals surface area contributed by atoms with Crippen LogP contribution in [0.15, 0.2) is 12.1 Å². The molecule has 0 unspecified atom stereocenters. The van der Waals surface area contributed by atoms with Gasteiger partial charge in [0, 0.05) is 19.4 Å². The van der Waals surface area contributed by atoms with E-state index in [0.29, 0.717) is 19.4 Å². The second-order valence-electron chi connectivity index (χ2n) is 5.77. The molecule has 0 spiro atoms. The maximum Gasteiger partial charge on any atom is 0.220 e. The third kappa shape index (κ3) is 3.24. The van der Waals surface area contributed by atoms with Crippen LogP contribution < -0.4 is 5.32 Å². The Morgan fingerprint density at radius 2 is 2.24 bits per heavy atom. The highest BCUT2D eigenvalue weighted by Gasteiger charge is 2.17. The van der Waals surface area contributed by atoms with E-state index in [0.717, 1.165) is 29.9 Å². The Kier molecular flexibility index (Phi) is 3.92. The summed E-state index contributed by atoms with van der Waals surface area (Å²) < 4.78 is 5.25. The number of hydrogen-bond acceptors (Lipinski definition) is 3. The number of nitrogens with zero attached hydrogens (tertiary/aromatic N) is 1. The van der Waals surface area contributed by atoms with Crippen molar-refractivity contribution in [2.45, 2.75) is 39.2 Å². The van der Waals surface area contributed by atoms with E-state index in [2.05, 4.69) is 41.3 Å². The number of carbonyl (C=O) groups excluding carboxylic acids is 1. The molecule has 1 atom stereocenters. The summed E-state index contributed by atoms with van der Waals surface area (Å²) in [6.45, 7) is 5.55. The van der Waals surface area contributed by atoms with E-state index in [1.54, 1.807) is 0 Å². The minimum atomic E-state index is 0.0679. The quantitative estimate of drug-likeness (QED) is 0.904. The molecule has 5 heteroatoms. The van der Waals surface area contributed by atoms with Crippen molar-refractivity contribution in [3.05, 3.63) is 29.1 Å². The van der Waals surface area contributed by atoms with Crippen molar-refractivity contribution in [3.63, 3.8) is 0 Å². The molecule has 1 fully saturated rings. The molecule has 1 aliphatic rings. The molecule has 0 radical (unpaired) electrons. The van der Waals surface area contributed by atoms with E-state index < -0.39 is 0 Å². The summed E-state index contributed by atoms with van der Waals surface area (Å²) in [5.41, 5.74) is 4.49. The molecule has 2 aromatic rings. The SMILES string of the molecule is Cc1cc2nc(CCC(=O)N[C@H]3CCOC3)[nH]c2cc1C. The average Bonchev–Trinajstić information content (AvgIpc) is 3.06. The molecule has 1 aromatic carbocycles. The molecule has 1 aromatic heterocycles. The maximum atomic E-state index is 11.9. The van der Waals surface area contributed by atoms with Gasteiger partial charge in [0.25, 0.3) is 0 Å². The molecule has 21 heavy (non-hydrogen) atoms. The number of H-pyrrole nitrogens is 1. The molecule has 3 rings (SSSR count). The van der Waals surface area contributed by atoms with Crippen molar-refractivity contribution in [2.75, 3.05) is 13.2 Å². The predicted octanol–water partition coefficient (Wildman–Crippen LogP) is 2.02. The highest BCUT2D eigenvalue weighted by Crippen LogP contribution is 2.17. The van der Waals surface area contributed by atoms with Crippen LogP contribution in [0.25, 0.3) is 11.0 Å². The summed E-state index contributed by atoms with van der Waals surface area (Å²) in [6.07, 6.45) is 2.00. The number of aryl methyl sites for hydroxylation is 3. The van der Waals surface area contributed by atoms with E-state index in [-0.39, 0.29) is 11.9 Å². The summed E-state index contributed by atoms with van der Waals surface area (Å²) in [5, 5.41) is 3.00. The summed E-state index contributed by atoms with van der Waals surface area (Å²) in [7, 11) is 0. The van der Waals surface area contributed by atoms with E-state index in [4.69, 9.17) is 4.74 Å². The minimum absolute atomic E-state index is 0.0679. The van der Waals surface area contributed by atoms with E-state index in [9.17, 15) is 4.79 Å². The van der Waals surface area contributed by atoms with E-state index >= 15 is 0 Å². The first-order valence-corrected chi connectivity index (χ1v) is 7.45. The van der Waals surface area contributed by atoms with Gasteiger partial charge in [-0.1, -0.05) is 0 Å². The molecule has 1 amide bonds. The van der Waals surface area contributed by atoms with Crippen molar-refractivity contribution < 1.29 is 9.53 Å². The zero-order valence-corrected chi connectivity index (χ0v) is 12.5. The first-order chi connectivity index (χ1) is 10.1. The number of fused-ring (bicyclic) bond motifs is 1. The Bertz CT molecular complexity index is 618. The Labute approximate surface area is 124 Å². The van der Waals surface area contributed by atoms with Gasteiger partial charge >= 0.3 is 0 Å². The van der Waals surface area contributed by atoms with Crippen molar-refractivity contribution >= 4 is 16.9 Å². The molecular weight excluding hydrogens is 266 g/mol. The Morgan fingerprint density at radius 1 is 1.43 bits per heavy atom. The van der Waals surface area contributed by atoms with Gasteiger partial charge in [-0.25, -0.2) is 4.98 Å². The van der Waals surface area contributed by atoms with Crippen LogP contribution in [0.5, 0.6) is 0 Å². The lowest BCUT2D eigenvalue weighted by atomic mass is 10.1. The molecule has 0 bridgehead atoms. The van der Waals surface area contributed by atoms with Crippen LogP contribution in [0.4, 0.5) is 0 Å². The smallest absolute Gasteiger partial charge is 0.220 e. The molecule has 1 saturated heterocycles. The van der Waals surface area contributed by atoms with Crippen molar-refractivity contribution in [3.8, 4) is 0 Å². The van der Waals surface area contributed by atoms with Gasteiger partial charge in [0.15, 0.2) is 0 Å². The first kappa shape index (κ1) is 14.1. The van der Waals surface area contributed by atoms with Crippen LogP contribution in [0.3, 0.4) is 0 Å². The van der Waals surface area contributed by atoms with Crippen LogP contribution >= 0.6 is 0 Å². The Balaban J connectivity index is 1.61. The minimum Gasteiger partial charge on any atom is -0.379 e.